The Morgan fingerprint density at radius 3 is 1.50 bits per heavy atom. The average molecular weight is 764 g/mol. The van der Waals surface area contributed by atoms with Crippen LogP contribution in [0.15, 0.2) is 206 Å². The van der Waals surface area contributed by atoms with Gasteiger partial charge in [-0.1, -0.05) is 146 Å². The zero-order valence-corrected chi connectivity index (χ0v) is 32.1. The fourth-order valence-corrected chi connectivity index (χ4v) is 11.4. The summed E-state index contributed by atoms with van der Waals surface area (Å²) >= 11 is 0. The first-order chi connectivity index (χ1) is 28.6. The topological polar surface area (TPSA) is 63.9 Å². The van der Waals surface area contributed by atoms with Crippen molar-refractivity contribution in [1.29, 1.82) is 0 Å². The number of anilines is 3. The SMILES string of the molecule is O=P1(c2ccccc2)c2cc(-c3nc(-c4ccccc4)nc(-c4ccccc4)n3)ccc2N(c2ccccc2)c2cc3c(cc21)c1ccccc1n3-c1ccccc1. The van der Waals surface area contributed by atoms with Gasteiger partial charge in [0.2, 0.25) is 0 Å². The van der Waals surface area contributed by atoms with Crippen LogP contribution in [-0.2, 0) is 4.57 Å². The Hall–Kier alpha value is -7.40. The van der Waals surface area contributed by atoms with Crippen LogP contribution in [0.2, 0.25) is 0 Å². The van der Waals surface area contributed by atoms with Crippen molar-refractivity contribution >= 4 is 61.9 Å². The maximum Gasteiger partial charge on any atom is 0.175 e. The van der Waals surface area contributed by atoms with E-state index in [0.717, 1.165) is 77.2 Å². The second kappa shape index (κ2) is 13.7. The highest BCUT2D eigenvalue weighted by Crippen LogP contribution is 2.56. The van der Waals surface area contributed by atoms with Gasteiger partial charge in [-0.05, 0) is 60.7 Å². The molecule has 0 saturated carbocycles. The molecule has 1 unspecified atom stereocenters. The van der Waals surface area contributed by atoms with Crippen LogP contribution >= 0.6 is 7.14 Å². The number of hydrogen-bond donors (Lipinski definition) is 0. The van der Waals surface area contributed by atoms with E-state index in [1.165, 1.54) is 0 Å². The van der Waals surface area contributed by atoms with Gasteiger partial charge in [-0.15, -0.1) is 0 Å². The summed E-state index contributed by atoms with van der Waals surface area (Å²) in [5.41, 5.74) is 8.42. The van der Waals surface area contributed by atoms with Gasteiger partial charge in [-0.25, -0.2) is 15.0 Å². The minimum Gasteiger partial charge on any atom is -0.309 e. The van der Waals surface area contributed by atoms with Crippen LogP contribution in [0.5, 0.6) is 0 Å². The summed E-state index contributed by atoms with van der Waals surface area (Å²) in [6, 6.07) is 69.8. The number of hydrogen-bond acceptors (Lipinski definition) is 5. The van der Waals surface area contributed by atoms with Crippen molar-refractivity contribution in [2.24, 2.45) is 0 Å². The van der Waals surface area contributed by atoms with Gasteiger partial charge in [0, 0.05) is 54.8 Å². The Labute approximate surface area is 335 Å². The molecule has 1 aliphatic heterocycles. The van der Waals surface area contributed by atoms with E-state index in [9.17, 15) is 0 Å². The van der Waals surface area contributed by atoms with E-state index in [1.807, 2.05) is 109 Å². The van der Waals surface area contributed by atoms with Crippen molar-refractivity contribution in [3.8, 4) is 39.9 Å². The molecule has 8 aromatic carbocycles. The molecule has 1 aliphatic rings. The molecule has 7 heteroatoms. The largest absolute Gasteiger partial charge is 0.309 e. The monoisotopic (exact) mass is 763 g/mol. The first-order valence-electron chi connectivity index (χ1n) is 19.3. The van der Waals surface area contributed by atoms with E-state index in [2.05, 4.69) is 107 Å². The number of fused-ring (bicyclic) bond motifs is 5. The predicted octanol–water partition coefficient (Wildman–Crippen LogP) is 11.4. The molecule has 3 heterocycles. The molecule has 11 rings (SSSR count). The van der Waals surface area contributed by atoms with E-state index < -0.39 is 7.14 Å². The first-order valence-corrected chi connectivity index (χ1v) is 21.0. The molecule has 0 N–H and O–H groups in total. The van der Waals surface area contributed by atoms with Gasteiger partial charge < -0.3 is 14.0 Å². The lowest BCUT2D eigenvalue weighted by Crippen LogP contribution is -2.36. The second-order valence-corrected chi connectivity index (χ2v) is 17.1. The van der Waals surface area contributed by atoms with Crippen LogP contribution in [-0.4, -0.2) is 19.5 Å². The highest BCUT2D eigenvalue weighted by molar-refractivity contribution is 7.86. The highest BCUT2D eigenvalue weighted by atomic mass is 31.2. The Balaban J connectivity index is 1.22. The Morgan fingerprint density at radius 2 is 0.879 bits per heavy atom. The zero-order valence-electron chi connectivity index (χ0n) is 31.2. The molecule has 0 radical (unpaired) electrons. The number of rotatable bonds is 6. The summed E-state index contributed by atoms with van der Waals surface area (Å²) in [5, 5.41) is 4.41. The Bertz CT molecular complexity index is 3130. The van der Waals surface area contributed by atoms with Gasteiger partial charge in [0.25, 0.3) is 0 Å². The van der Waals surface area contributed by atoms with Gasteiger partial charge in [0.15, 0.2) is 24.6 Å². The minimum atomic E-state index is -3.56. The number of aromatic nitrogens is 4. The number of para-hydroxylation sites is 3. The normalized spacial score (nSPS) is 14.7. The van der Waals surface area contributed by atoms with Gasteiger partial charge in [0.1, 0.15) is 0 Å². The van der Waals surface area contributed by atoms with Gasteiger partial charge in [-0.2, -0.15) is 0 Å². The van der Waals surface area contributed by atoms with Gasteiger partial charge in [-0.3, -0.25) is 0 Å². The molecule has 0 bridgehead atoms. The fourth-order valence-electron chi connectivity index (χ4n) is 8.35. The molecule has 0 fully saturated rings. The number of benzene rings is 8. The van der Waals surface area contributed by atoms with Gasteiger partial charge >= 0.3 is 0 Å². The fraction of sp³-hybridized carbons (Fsp3) is 0. The van der Waals surface area contributed by atoms with Crippen LogP contribution in [0, 0.1) is 0 Å². The molecule has 2 aromatic heterocycles. The average Bonchev–Trinajstić information content (AvgIpc) is 3.63. The third kappa shape index (κ3) is 5.42. The summed E-state index contributed by atoms with van der Waals surface area (Å²) in [7, 11) is -3.56. The van der Waals surface area contributed by atoms with Gasteiger partial charge in [0.05, 0.1) is 22.4 Å². The summed E-state index contributed by atoms with van der Waals surface area (Å²) in [6.07, 6.45) is 0. The van der Waals surface area contributed by atoms with Crippen LogP contribution in [0.1, 0.15) is 0 Å². The maximum atomic E-state index is 16.8. The molecule has 10 aromatic rings. The third-order valence-corrected chi connectivity index (χ3v) is 14.1. The Kier molecular flexibility index (Phi) is 7.98. The standard InChI is InChI=1S/C51H34N5OP/c57-58(40-26-14-5-15-27-40)47-32-37(51-53-49(35-18-6-1-7-19-35)52-50(54-51)36-20-8-2-9-21-36)30-31-44(47)56(39-24-12-4-13-25-39)46-34-45-42(33-48(46)58)41-28-16-17-29-43(41)55(45)38-22-10-3-11-23-38/h1-34H. The van der Waals surface area contributed by atoms with Crippen molar-refractivity contribution < 1.29 is 4.57 Å². The summed E-state index contributed by atoms with van der Waals surface area (Å²) in [6.45, 7) is 0. The maximum absolute atomic E-state index is 16.8. The summed E-state index contributed by atoms with van der Waals surface area (Å²) in [4.78, 5) is 17.3. The van der Waals surface area contributed by atoms with Crippen molar-refractivity contribution in [1.82, 2.24) is 19.5 Å². The van der Waals surface area contributed by atoms with Crippen LogP contribution < -0.4 is 20.8 Å². The molecule has 58 heavy (non-hydrogen) atoms. The van der Waals surface area contributed by atoms with Crippen LogP contribution in [0.4, 0.5) is 17.1 Å². The number of nitrogens with zero attached hydrogens (tertiary/aromatic N) is 5. The quantitative estimate of drug-likeness (QED) is 0.158. The molecule has 0 saturated heterocycles. The zero-order chi connectivity index (χ0) is 38.6. The van der Waals surface area contributed by atoms with E-state index in [-0.39, 0.29) is 0 Å². The molecule has 1 atom stereocenters. The lowest BCUT2D eigenvalue weighted by Gasteiger charge is -2.38. The smallest absolute Gasteiger partial charge is 0.175 e. The van der Waals surface area contributed by atoms with Crippen molar-refractivity contribution in [2.75, 3.05) is 4.90 Å². The molecular formula is C51H34N5OP. The van der Waals surface area contributed by atoms with Crippen molar-refractivity contribution in [3.05, 3.63) is 206 Å². The van der Waals surface area contributed by atoms with E-state index >= 15 is 4.57 Å². The second-order valence-electron chi connectivity index (χ2n) is 14.4. The van der Waals surface area contributed by atoms with E-state index in [4.69, 9.17) is 15.0 Å². The van der Waals surface area contributed by atoms with E-state index in [1.54, 1.807) is 0 Å². The molecular weight excluding hydrogens is 730 g/mol. The molecule has 0 aliphatic carbocycles. The molecule has 274 valence electrons. The lowest BCUT2D eigenvalue weighted by atomic mass is 10.1. The molecule has 0 spiro atoms. The predicted molar refractivity (Wildman–Crippen MR) is 238 cm³/mol. The summed E-state index contributed by atoms with van der Waals surface area (Å²) < 4.78 is 19.1. The first kappa shape index (κ1) is 33.9. The minimum absolute atomic E-state index is 0.508. The van der Waals surface area contributed by atoms with Crippen LogP contribution in [0.3, 0.4) is 0 Å². The molecule has 0 amide bonds. The van der Waals surface area contributed by atoms with Crippen molar-refractivity contribution in [3.63, 3.8) is 0 Å². The lowest BCUT2D eigenvalue weighted by molar-refractivity contribution is 0.592. The summed E-state index contributed by atoms with van der Waals surface area (Å²) in [5.74, 6) is 1.65. The highest BCUT2D eigenvalue weighted by Gasteiger charge is 2.42. The Morgan fingerprint density at radius 1 is 0.379 bits per heavy atom. The molecule has 6 nitrogen and oxygen atoms in total. The van der Waals surface area contributed by atoms with Crippen LogP contribution in [0.25, 0.3) is 61.7 Å². The van der Waals surface area contributed by atoms with E-state index in [0.29, 0.717) is 17.5 Å². The third-order valence-electron chi connectivity index (χ3n) is 11.0. The van der Waals surface area contributed by atoms with Crippen molar-refractivity contribution in [2.45, 2.75) is 0 Å².